The Kier molecular flexibility index (Phi) is 510. The van der Waals surface area contributed by atoms with Crippen LogP contribution in [-0.2, 0) is 0 Å². The van der Waals surface area contributed by atoms with Crippen LogP contribution in [0, 0.1) is 0 Å². The minimum atomic E-state index is 0. The first-order valence-corrected chi connectivity index (χ1v) is 0. The van der Waals surface area contributed by atoms with Crippen LogP contribution in [0.2, 0.25) is 0 Å². The van der Waals surface area contributed by atoms with Crippen molar-refractivity contribution in [3.8, 4) is 0 Å². The zero-order valence-electron chi connectivity index (χ0n) is 3.05. The molecule has 6 heteroatoms. The molecule has 0 unspecified atom stereocenters. The second kappa shape index (κ2) is 45.5. The molecule has 0 aromatic heterocycles. The van der Waals surface area contributed by atoms with E-state index < -0.39 is 0 Å². The zero-order chi connectivity index (χ0) is 0. The van der Waals surface area contributed by atoms with Gasteiger partial charge in [0.2, 0.25) is 0 Å². The van der Waals surface area contributed by atoms with E-state index in [-0.39, 0.29) is 99.7 Å². The molecular formula is H9BiCl4Sn. The maximum atomic E-state index is 0. The number of halogens is 4. The summed E-state index contributed by atoms with van der Waals surface area (Å²) in [5.41, 5.74) is 0. The Labute approximate surface area is 98.3 Å². The van der Waals surface area contributed by atoms with Gasteiger partial charge < -0.3 is 0 Å². The van der Waals surface area contributed by atoms with Gasteiger partial charge in [0.1, 0.15) is 0 Å². The van der Waals surface area contributed by atoms with Gasteiger partial charge in [0.25, 0.3) is 0 Å². The van der Waals surface area contributed by atoms with Crippen molar-refractivity contribution in [1.29, 1.82) is 0 Å². The molecule has 0 atom stereocenters. The van der Waals surface area contributed by atoms with E-state index in [1.807, 2.05) is 0 Å². The molecule has 0 N–H and O–H groups in total. The third-order valence-corrected chi connectivity index (χ3v) is 0. The van der Waals surface area contributed by atoms with E-state index in [9.17, 15) is 0 Å². The number of rotatable bonds is 0. The van der Waals surface area contributed by atoms with Gasteiger partial charge >= 0.3 is 50.1 Å². The summed E-state index contributed by atoms with van der Waals surface area (Å²) in [7, 11) is 0. The van der Waals surface area contributed by atoms with Gasteiger partial charge in [-0.05, 0) is 0 Å². The topological polar surface area (TPSA) is 0 Å². The summed E-state index contributed by atoms with van der Waals surface area (Å²) in [6.07, 6.45) is 0. The van der Waals surface area contributed by atoms with Crippen LogP contribution in [0.1, 0.15) is 0 Å². The predicted molar refractivity (Wildman–Crippen MR) is 47.5 cm³/mol. The molecular weight excluding hydrogens is 470 g/mol. The second-order valence-electron chi connectivity index (χ2n) is 0. The van der Waals surface area contributed by atoms with E-state index in [0.717, 1.165) is 0 Å². The molecule has 0 spiro atoms. The van der Waals surface area contributed by atoms with E-state index in [2.05, 4.69) is 0 Å². The molecule has 0 saturated carbocycles. The maximum absolute atomic E-state index is 0. The quantitative estimate of drug-likeness (QED) is 0.416. The van der Waals surface area contributed by atoms with Crippen molar-refractivity contribution < 1.29 is 0 Å². The van der Waals surface area contributed by atoms with Gasteiger partial charge in [0.15, 0.2) is 0 Å². The average molecular weight is 479 g/mol. The summed E-state index contributed by atoms with van der Waals surface area (Å²) in [6, 6.07) is 0. The van der Waals surface area contributed by atoms with Gasteiger partial charge in [-0.3, -0.25) is 0 Å². The fourth-order valence-corrected chi connectivity index (χ4v) is 0. The zero-order valence-corrected chi connectivity index (χ0v) is 15.8. The van der Waals surface area contributed by atoms with Crippen molar-refractivity contribution in [2.75, 3.05) is 0 Å². The third kappa shape index (κ3) is 28.9. The summed E-state index contributed by atoms with van der Waals surface area (Å²) in [5.74, 6) is 0. The monoisotopic (exact) mass is 478 g/mol. The predicted octanol–water partition coefficient (Wildman–Crippen LogP) is -0.413. The van der Waals surface area contributed by atoms with Crippen LogP contribution in [0.5, 0.6) is 0 Å². The van der Waals surface area contributed by atoms with Crippen molar-refractivity contribution >= 4 is 99.7 Å². The fraction of sp³-hybridized carbons (Fsp3) is 0. The van der Waals surface area contributed by atoms with Crippen LogP contribution in [0.15, 0.2) is 0 Å². The normalized spacial score (nSPS) is 0. The average Bonchev–Trinajstić information content (AvgIpc) is 0. The van der Waals surface area contributed by atoms with Crippen LogP contribution in [0.3, 0.4) is 0 Å². The Balaban J connectivity index is 0. The number of hydrogen-bond donors (Lipinski definition) is 0. The molecule has 6 heavy (non-hydrogen) atoms. The third-order valence-electron chi connectivity index (χ3n) is 0. The van der Waals surface area contributed by atoms with Crippen molar-refractivity contribution in [2.45, 2.75) is 0 Å². The summed E-state index contributed by atoms with van der Waals surface area (Å²) in [5, 5.41) is 0. The van der Waals surface area contributed by atoms with Gasteiger partial charge in [-0.1, -0.05) is 0 Å². The van der Waals surface area contributed by atoms with E-state index >= 15 is 0 Å². The van der Waals surface area contributed by atoms with Gasteiger partial charge in [0, 0.05) is 0 Å². The molecule has 0 saturated heterocycles. The Hall–Kier alpha value is 2.84. The molecule has 0 aromatic carbocycles. The van der Waals surface area contributed by atoms with Gasteiger partial charge in [-0.25, -0.2) is 0 Å². The molecule has 0 aliphatic carbocycles. The van der Waals surface area contributed by atoms with Crippen LogP contribution >= 0.6 is 49.6 Å². The Morgan fingerprint density at radius 3 is 0.500 bits per heavy atom. The summed E-state index contributed by atoms with van der Waals surface area (Å²) in [4.78, 5) is 0. The van der Waals surface area contributed by atoms with E-state index in [0.29, 0.717) is 0 Å². The van der Waals surface area contributed by atoms with Gasteiger partial charge in [-0.2, -0.15) is 0 Å². The van der Waals surface area contributed by atoms with Gasteiger partial charge in [0.05, 0.1) is 0 Å². The first-order valence-electron chi connectivity index (χ1n) is 0. The molecule has 0 rings (SSSR count). The Bertz CT molecular complexity index is 7.51. The molecule has 0 aliphatic heterocycles. The van der Waals surface area contributed by atoms with E-state index in [1.54, 1.807) is 0 Å². The minimum absolute atomic E-state index is 0. The fourth-order valence-electron chi connectivity index (χ4n) is 0. The molecule has 0 amide bonds. The number of hydrogen-bond acceptors (Lipinski definition) is 0. The SMILES string of the molecule is Cl.Cl.Cl.Cl.[BiH3].[SnH2]. The van der Waals surface area contributed by atoms with Crippen LogP contribution in [0.4, 0.5) is 0 Å². The summed E-state index contributed by atoms with van der Waals surface area (Å²) >= 11 is 0. The van der Waals surface area contributed by atoms with Crippen LogP contribution in [-0.4, -0.2) is 50.1 Å². The van der Waals surface area contributed by atoms with Crippen LogP contribution < -0.4 is 0 Å². The second-order valence-corrected chi connectivity index (χ2v) is 0. The molecule has 0 fully saturated rings. The van der Waals surface area contributed by atoms with E-state index in [1.165, 1.54) is 0 Å². The Morgan fingerprint density at radius 1 is 0.500 bits per heavy atom. The molecule has 0 nitrogen and oxygen atoms in total. The molecule has 0 bridgehead atoms. The first kappa shape index (κ1) is 67.3. The molecule has 0 aromatic rings. The summed E-state index contributed by atoms with van der Waals surface area (Å²) < 4.78 is 0. The van der Waals surface area contributed by atoms with Gasteiger partial charge in [-0.15, -0.1) is 49.6 Å². The van der Waals surface area contributed by atoms with Crippen molar-refractivity contribution in [3.05, 3.63) is 0 Å². The molecule has 46 valence electrons. The Morgan fingerprint density at radius 2 is 0.500 bits per heavy atom. The van der Waals surface area contributed by atoms with E-state index in [4.69, 9.17) is 0 Å². The van der Waals surface area contributed by atoms with Crippen molar-refractivity contribution in [1.82, 2.24) is 0 Å². The molecule has 0 aliphatic rings. The molecule has 0 heterocycles. The standard InChI is InChI=1S/Bi.4ClH.Sn.5H/h;4*1H;;;;;;. The van der Waals surface area contributed by atoms with Crippen LogP contribution in [0.25, 0.3) is 0 Å². The first-order chi connectivity index (χ1) is 0. The summed E-state index contributed by atoms with van der Waals surface area (Å²) in [6.45, 7) is 0. The van der Waals surface area contributed by atoms with Crippen molar-refractivity contribution in [3.63, 3.8) is 0 Å². The van der Waals surface area contributed by atoms with Crippen molar-refractivity contribution in [2.24, 2.45) is 0 Å². The molecule has 2 radical (unpaired) electrons.